The normalized spacial score (nSPS) is 16.4. The zero-order chi connectivity index (χ0) is 27.5. The molecule has 200 valence electrons. The molecule has 10 nitrogen and oxygen atoms in total. The number of imide groups is 1. The summed E-state index contributed by atoms with van der Waals surface area (Å²) < 4.78 is 30.1. The first-order chi connectivity index (χ1) is 18.8. The highest BCUT2D eigenvalue weighted by Gasteiger charge is 2.41. The van der Waals surface area contributed by atoms with E-state index in [4.69, 9.17) is 14.2 Å². The van der Waals surface area contributed by atoms with Gasteiger partial charge in [-0.15, -0.1) is 0 Å². The molecule has 3 aromatic rings. The van der Waals surface area contributed by atoms with E-state index in [1.807, 2.05) is 0 Å². The number of carbonyl (C=O) groups is 4. The monoisotopic (exact) mass is 533 g/mol. The number of hydrogen-bond donors (Lipinski definition) is 2. The second kappa shape index (κ2) is 10.8. The first-order valence-electron chi connectivity index (χ1n) is 12.1. The first kappa shape index (κ1) is 25.7. The molecule has 2 heterocycles. The molecule has 2 aliphatic heterocycles. The van der Waals surface area contributed by atoms with E-state index in [2.05, 4.69) is 10.6 Å². The molecule has 39 heavy (non-hydrogen) atoms. The standard InChI is InChI=1S/C28H24FN3O7/c1-37-25-17(7-6-16-14-32(27(35)24(16)25)21-12-13-23(33)31-26(21)34)15-38-28(36)30-18-8-10-19(11-9-18)39-22-5-3-2-4-20(22)29/h2-11,21H,12-15H2,1H3,(H,30,36)(H,31,33,34). The molecule has 0 spiro atoms. The molecule has 1 fully saturated rings. The van der Waals surface area contributed by atoms with Crippen LogP contribution in [0.15, 0.2) is 60.7 Å². The third-order valence-electron chi connectivity index (χ3n) is 6.46. The van der Waals surface area contributed by atoms with Crippen molar-refractivity contribution in [3.8, 4) is 17.2 Å². The second-order valence-corrected chi connectivity index (χ2v) is 8.95. The number of benzene rings is 3. The van der Waals surface area contributed by atoms with Gasteiger partial charge in [0.25, 0.3) is 5.91 Å². The Morgan fingerprint density at radius 3 is 2.56 bits per heavy atom. The minimum atomic E-state index is -0.749. The van der Waals surface area contributed by atoms with Crippen LogP contribution in [-0.2, 0) is 27.5 Å². The zero-order valence-electron chi connectivity index (χ0n) is 20.9. The molecule has 0 aliphatic carbocycles. The molecule has 0 bridgehead atoms. The average Bonchev–Trinajstić information content (AvgIpc) is 3.25. The topological polar surface area (TPSA) is 123 Å². The highest BCUT2D eigenvalue weighted by molar-refractivity contribution is 6.06. The van der Waals surface area contributed by atoms with Gasteiger partial charge in [0.2, 0.25) is 11.8 Å². The summed E-state index contributed by atoms with van der Waals surface area (Å²) in [7, 11) is 1.41. The van der Waals surface area contributed by atoms with Crippen LogP contribution >= 0.6 is 0 Å². The van der Waals surface area contributed by atoms with Crippen LogP contribution in [0.5, 0.6) is 17.2 Å². The van der Waals surface area contributed by atoms with E-state index in [1.54, 1.807) is 48.5 Å². The molecule has 0 radical (unpaired) electrons. The minimum absolute atomic E-state index is 0.0830. The molecule has 11 heteroatoms. The number of hydrogen-bond acceptors (Lipinski definition) is 7. The molecule has 1 saturated heterocycles. The van der Waals surface area contributed by atoms with Crippen molar-refractivity contribution in [2.24, 2.45) is 0 Å². The number of carbonyl (C=O) groups excluding carboxylic acids is 4. The van der Waals surface area contributed by atoms with Crippen molar-refractivity contribution < 1.29 is 37.8 Å². The first-order valence-corrected chi connectivity index (χ1v) is 12.1. The zero-order valence-corrected chi connectivity index (χ0v) is 20.9. The third-order valence-corrected chi connectivity index (χ3v) is 6.46. The SMILES string of the molecule is COc1c(COC(=O)Nc2ccc(Oc3ccccc3F)cc2)ccc2c1C(=O)N(C1CCC(=O)NC1=O)C2. The molecule has 5 rings (SSSR count). The van der Waals surface area contributed by atoms with Crippen molar-refractivity contribution in [2.75, 3.05) is 12.4 Å². The molecule has 4 amide bonds. The highest BCUT2D eigenvalue weighted by Crippen LogP contribution is 2.36. The largest absolute Gasteiger partial charge is 0.495 e. The fraction of sp³-hybridized carbons (Fsp3) is 0.214. The number of fused-ring (bicyclic) bond motifs is 1. The number of para-hydroxylation sites is 1. The number of ether oxygens (including phenoxy) is 3. The number of rotatable bonds is 7. The maximum absolute atomic E-state index is 13.8. The third kappa shape index (κ3) is 5.37. The van der Waals surface area contributed by atoms with Crippen LogP contribution < -0.4 is 20.1 Å². The Morgan fingerprint density at radius 2 is 1.85 bits per heavy atom. The smallest absolute Gasteiger partial charge is 0.411 e. The van der Waals surface area contributed by atoms with Crippen LogP contribution in [0.25, 0.3) is 0 Å². The highest BCUT2D eigenvalue weighted by atomic mass is 19.1. The van der Waals surface area contributed by atoms with Gasteiger partial charge in [-0.1, -0.05) is 24.3 Å². The van der Waals surface area contributed by atoms with Crippen molar-refractivity contribution in [1.82, 2.24) is 10.2 Å². The Balaban J connectivity index is 1.21. The van der Waals surface area contributed by atoms with Gasteiger partial charge in [-0.05, 0) is 48.4 Å². The van der Waals surface area contributed by atoms with Crippen LogP contribution in [0.1, 0.15) is 34.3 Å². The summed E-state index contributed by atoms with van der Waals surface area (Å²) in [6.07, 6.45) is -0.334. The fourth-order valence-electron chi connectivity index (χ4n) is 4.57. The maximum Gasteiger partial charge on any atom is 0.411 e. The van der Waals surface area contributed by atoms with E-state index >= 15 is 0 Å². The van der Waals surface area contributed by atoms with Gasteiger partial charge in [-0.2, -0.15) is 0 Å². The van der Waals surface area contributed by atoms with Gasteiger partial charge in [0.05, 0.1) is 12.7 Å². The Bertz CT molecular complexity index is 1460. The van der Waals surface area contributed by atoms with E-state index < -0.39 is 23.9 Å². The van der Waals surface area contributed by atoms with E-state index in [0.29, 0.717) is 28.1 Å². The number of anilines is 1. The number of piperidine rings is 1. The van der Waals surface area contributed by atoms with Crippen molar-refractivity contribution in [3.05, 3.63) is 83.2 Å². The molecule has 0 aromatic heterocycles. The van der Waals surface area contributed by atoms with Crippen LogP contribution in [0.4, 0.5) is 14.9 Å². The van der Waals surface area contributed by atoms with Crippen LogP contribution in [0.3, 0.4) is 0 Å². The van der Waals surface area contributed by atoms with Crippen LogP contribution in [0.2, 0.25) is 0 Å². The number of nitrogens with zero attached hydrogens (tertiary/aromatic N) is 1. The van der Waals surface area contributed by atoms with Gasteiger partial charge in [0.15, 0.2) is 11.6 Å². The predicted molar refractivity (Wildman–Crippen MR) is 136 cm³/mol. The van der Waals surface area contributed by atoms with Crippen LogP contribution in [0, 0.1) is 5.82 Å². The Labute approximate surface area is 222 Å². The van der Waals surface area contributed by atoms with E-state index in [0.717, 1.165) is 0 Å². The van der Waals surface area contributed by atoms with Gasteiger partial charge in [0.1, 0.15) is 24.1 Å². The molecule has 0 saturated carbocycles. The molecular formula is C28H24FN3O7. The summed E-state index contributed by atoms with van der Waals surface area (Å²) in [6.45, 7) is 0.0253. The molecule has 1 atom stereocenters. The lowest BCUT2D eigenvalue weighted by atomic mass is 10.0. The number of nitrogens with one attached hydrogen (secondary N) is 2. The molecule has 3 aromatic carbocycles. The number of amides is 4. The second-order valence-electron chi connectivity index (χ2n) is 8.95. The summed E-state index contributed by atoms with van der Waals surface area (Å²) in [4.78, 5) is 50.9. The molecule has 2 aliphatic rings. The summed E-state index contributed by atoms with van der Waals surface area (Å²) in [5, 5.41) is 4.87. The number of halogens is 1. The summed E-state index contributed by atoms with van der Waals surface area (Å²) in [5.74, 6) is -1.01. The van der Waals surface area contributed by atoms with Crippen molar-refractivity contribution in [3.63, 3.8) is 0 Å². The molecule has 2 N–H and O–H groups in total. The lowest BCUT2D eigenvalue weighted by Crippen LogP contribution is -2.52. The van der Waals surface area contributed by atoms with E-state index in [9.17, 15) is 23.6 Å². The molecule has 1 unspecified atom stereocenters. The summed E-state index contributed by atoms with van der Waals surface area (Å²) in [6, 6.07) is 15.0. The van der Waals surface area contributed by atoms with Crippen molar-refractivity contribution in [2.45, 2.75) is 32.0 Å². The predicted octanol–water partition coefficient (Wildman–Crippen LogP) is 4.14. The molecular weight excluding hydrogens is 509 g/mol. The van der Waals surface area contributed by atoms with Crippen LogP contribution in [-0.4, -0.2) is 41.9 Å². The van der Waals surface area contributed by atoms with Crippen molar-refractivity contribution >= 4 is 29.5 Å². The fourth-order valence-corrected chi connectivity index (χ4v) is 4.57. The van der Waals surface area contributed by atoms with Gasteiger partial charge < -0.3 is 19.1 Å². The summed E-state index contributed by atoms with van der Waals surface area (Å²) in [5.41, 5.74) is 1.87. The van der Waals surface area contributed by atoms with Crippen molar-refractivity contribution in [1.29, 1.82) is 0 Å². The van der Waals surface area contributed by atoms with E-state index in [1.165, 1.54) is 24.1 Å². The van der Waals surface area contributed by atoms with Gasteiger partial charge in [-0.25, -0.2) is 9.18 Å². The Hall–Kier alpha value is -4.93. The maximum atomic E-state index is 13.8. The lowest BCUT2D eigenvalue weighted by molar-refractivity contribution is -0.136. The lowest BCUT2D eigenvalue weighted by Gasteiger charge is -2.29. The van der Waals surface area contributed by atoms with Gasteiger partial charge in [-0.3, -0.25) is 25.0 Å². The number of methoxy groups -OCH3 is 1. The van der Waals surface area contributed by atoms with Gasteiger partial charge in [0, 0.05) is 24.2 Å². The Morgan fingerprint density at radius 1 is 1.08 bits per heavy atom. The average molecular weight is 534 g/mol. The Kier molecular flexibility index (Phi) is 7.13. The minimum Gasteiger partial charge on any atom is -0.495 e. The summed E-state index contributed by atoms with van der Waals surface area (Å²) >= 11 is 0. The van der Waals surface area contributed by atoms with Gasteiger partial charge >= 0.3 is 6.09 Å². The van der Waals surface area contributed by atoms with E-state index in [-0.39, 0.29) is 49.3 Å². The quantitative estimate of drug-likeness (QED) is 0.438.